The molecule has 0 radical (unpaired) electrons. The van der Waals surface area contributed by atoms with Crippen molar-refractivity contribution in [2.45, 2.75) is 0 Å². The molecule has 0 spiro atoms. The molecule has 3 heterocycles. The fourth-order valence-corrected chi connectivity index (χ4v) is 3.20. The van der Waals surface area contributed by atoms with Crippen molar-refractivity contribution in [3.05, 3.63) is 35.5 Å². The van der Waals surface area contributed by atoms with Crippen LogP contribution in [0.25, 0.3) is 0 Å². The Balaban J connectivity index is 1.76. The topological polar surface area (TPSA) is 46.1 Å². The van der Waals surface area contributed by atoms with Gasteiger partial charge in [0.2, 0.25) is 0 Å². The summed E-state index contributed by atoms with van der Waals surface area (Å²) in [7, 11) is 4.16. The first-order valence-electron chi connectivity index (χ1n) is 7.89. The lowest BCUT2D eigenvalue weighted by atomic mass is 10.2. The average Bonchev–Trinajstić information content (AvgIpc) is 2.80. The Hall–Kier alpha value is -2.28. The standard InChI is InChI=1S/C16H21FN6/c1-21-5-7-23(8-6-21)16-14-15(18-10-22(14)2)19-12-4-3-11(17)9-13(12)20-16/h3-4,9,20H,5-8,10H2,1-2H3,(H,18,19). The van der Waals surface area contributed by atoms with Gasteiger partial charge in [-0.2, -0.15) is 0 Å². The van der Waals surface area contributed by atoms with Crippen molar-refractivity contribution < 1.29 is 4.39 Å². The van der Waals surface area contributed by atoms with Crippen LogP contribution < -0.4 is 10.6 Å². The number of hydrogen-bond donors (Lipinski definition) is 2. The molecule has 6 nitrogen and oxygen atoms in total. The Morgan fingerprint density at radius 1 is 1.04 bits per heavy atom. The van der Waals surface area contributed by atoms with Gasteiger partial charge < -0.3 is 25.3 Å². The molecule has 0 saturated carbocycles. The summed E-state index contributed by atoms with van der Waals surface area (Å²) in [5.41, 5.74) is 2.64. The van der Waals surface area contributed by atoms with E-state index in [1.807, 2.05) is 7.05 Å². The van der Waals surface area contributed by atoms with Crippen LogP contribution in [-0.4, -0.2) is 67.5 Å². The quantitative estimate of drug-likeness (QED) is 0.820. The highest BCUT2D eigenvalue weighted by molar-refractivity contribution is 6.11. The summed E-state index contributed by atoms with van der Waals surface area (Å²) in [6.45, 7) is 4.53. The van der Waals surface area contributed by atoms with Gasteiger partial charge in [0.05, 0.1) is 11.4 Å². The van der Waals surface area contributed by atoms with E-state index in [1.54, 1.807) is 6.07 Å². The van der Waals surface area contributed by atoms with Crippen molar-refractivity contribution in [1.29, 1.82) is 0 Å². The molecule has 3 aliphatic rings. The van der Waals surface area contributed by atoms with Crippen molar-refractivity contribution in [3.8, 4) is 0 Å². The summed E-state index contributed by atoms with van der Waals surface area (Å²) in [6, 6.07) is 4.75. The number of amidine groups is 1. The number of anilines is 2. The van der Waals surface area contributed by atoms with Gasteiger partial charge in [0, 0.05) is 33.2 Å². The maximum Gasteiger partial charge on any atom is 0.155 e. The van der Waals surface area contributed by atoms with Gasteiger partial charge in [-0.15, -0.1) is 0 Å². The lowest BCUT2D eigenvalue weighted by Gasteiger charge is -2.36. The number of fused-ring (bicyclic) bond motifs is 2. The molecular formula is C16H21FN6. The highest BCUT2D eigenvalue weighted by Crippen LogP contribution is 2.32. The zero-order valence-electron chi connectivity index (χ0n) is 13.4. The van der Waals surface area contributed by atoms with Crippen molar-refractivity contribution in [2.24, 2.45) is 4.99 Å². The van der Waals surface area contributed by atoms with Crippen LogP contribution in [0.5, 0.6) is 0 Å². The summed E-state index contributed by atoms with van der Waals surface area (Å²) in [4.78, 5) is 11.3. The first-order valence-corrected chi connectivity index (χ1v) is 7.89. The number of nitrogens with one attached hydrogen (secondary N) is 2. The van der Waals surface area contributed by atoms with Crippen LogP contribution in [-0.2, 0) is 0 Å². The van der Waals surface area contributed by atoms with Crippen LogP contribution in [0.1, 0.15) is 0 Å². The molecule has 1 aromatic carbocycles. The van der Waals surface area contributed by atoms with E-state index >= 15 is 0 Å². The van der Waals surface area contributed by atoms with E-state index in [2.05, 4.69) is 37.4 Å². The second-order valence-electron chi connectivity index (χ2n) is 6.27. The molecule has 0 unspecified atom stereocenters. The largest absolute Gasteiger partial charge is 0.354 e. The van der Waals surface area contributed by atoms with E-state index in [9.17, 15) is 4.39 Å². The van der Waals surface area contributed by atoms with E-state index in [0.717, 1.165) is 54.9 Å². The van der Waals surface area contributed by atoms with Gasteiger partial charge in [-0.25, -0.2) is 9.38 Å². The number of hydrogen-bond acceptors (Lipinski definition) is 6. The summed E-state index contributed by atoms with van der Waals surface area (Å²) < 4.78 is 13.7. The van der Waals surface area contributed by atoms with E-state index in [-0.39, 0.29) is 5.82 Å². The first-order chi connectivity index (χ1) is 11.1. The summed E-state index contributed by atoms with van der Waals surface area (Å²) in [5, 5.41) is 6.79. The van der Waals surface area contributed by atoms with Crippen molar-refractivity contribution in [1.82, 2.24) is 14.7 Å². The van der Waals surface area contributed by atoms with Crippen LogP contribution in [0.15, 0.2) is 34.7 Å². The molecule has 0 aliphatic carbocycles. The minimum absolute atomic E-state index is 0.247. The van der Waals surface area contributed by atoms with Crippen LogP contribution >= 0.6 is 0 Å². The molecule has 0 bridgehead atoms. The molecule has 0 aromatic heterocycles. The van der Waals surface area contributed by atoms with Gasteiger partial charge in [0.15, 0.2) is 5.84 Å². The molecule has 7 heteroatoms. The SMILES string of the molecule is CN1CCN(C2=C3C(=NCN3C)Nc3ccc(F)cc3N2)CC1. The monoisotopic (exact) mass is 316 g/mol. The zero-order chi connectivity index (χ0) is 16.0. The maximum atomic E-state index is 13.7. The minimum atomic E-state index is -0.247. The molecule has 2 N–H and O–H groups in total. The third-order valence-electron chi connectivity index (χ3n) is 4.58. The Morgan fingerprint density at radius 2 is 1.83 bits per heavy atom. The van der Waals surface area contributed by atoms with Gasteiger partial charge in [-0.1, -0.05) is 0 Å². The van der Waals surface area contributed by atoms with E-state index < -0.39 is 0 Å². The predicted octanol–water partition coefficient (Wildman–Crippen LogP) is 1.38. The Labute approximate surface area is 135 Å². The molecular weight excluding hydrogens is 295 g/mol. The summed E-state index contributed by atoms with van der Waals surface area (Å²) in [5.74, 6) is 1.61. The van der Waals surface area contributed by atoms with E-state index in [0.29, 0.717) is 6.67 Å². The van der Waals surface area contributed by atoms with Gasteiger partial charge >= 0.3 is 0 Å². The molecule has 3 aliphatic heterocycles. The minimum Gasteiger partial charge on any atom is -0.354 e. The molecule has 4 rings (SSSR count). The number of aliphatic imine (C=N–C) groups is 1. The highest BCUT2D eigenvalue weighted by atomic mass is 19.1. The lowest BCUT2D eigenvalue weighted by molar-refractivity contribution is 0.184. The maximum absolute atomic E-state index is 13.7. The molecule has 23 heavy (non-hydrogen) atoms. The first kappa shape index (κ1) is 14.3. The average molecular weight is 316 g/mol. The van der Waals surface area contributed by atoms with Gasteiger partial charge in [-0.3, -0.25) is 0 Å². The normalized spacial score (nSPS) is 21.3. The lowest BCUT2D eigenvalue weighted by Crippen LogP contribution is -2.46. The third kappa shape index (κ3) is 2.50. The predicted molar refractivity (Wildman–Crippen MR) is 89.8 cm³/mol. The van der Waals surface area contributed by atoms with Crippen molar-refractivity contribution in [2.75, 3.05) is 57.6 Å². The van der Waals surface area contributed by atoms with Gasteiger partial charge in [0.25, 0.3) is 0 Å². The third-order valence-corrected chi connectivity index (χ3v) is 4.58. The fourth-order valence-electron chi connectivity index (χ4n) is 3.20. The smallest absolute Gasteiger partial charge is 0.155 e. The van der Waals surface area contributed by atoms with E-state index in [1.165, 1.54) is 12.1 Å². The molecule has 122 valence electrons. The van der Waals surface area contributed by atoms with Gasteiger partial charge in [-0.05, 0) is 25.2 Å². The van der Waals surface area contributed by atoms with Crippen LogP contribution in [0.2, 0.25) is 0 Å². The second kappa shape index (κ2) is 5.42. The number of nitrogens with zero attached hydrogens (tertiary/aromatic N) is 4. The number of benzene rings is 1. The molecule has 0 atom stereocenters. The van der Waals surface area contributed by atoms with Crippen LogP contribution in [0.4, 0.5) is 15.8 Å². The van der Waals surface area contributed by atoms with Crippen molar-refractivity contribution in [3.63, 3.8) is 0 Å². The summed E-state index contributed by atoms with van der Waals surface area (Å²) >= 11 is 0. The Bertz CT molecular complexity index is 690. The molecule has 1 fully saturated rings. The number of piperazine rings is 1. The Kier molecular flexibility index (Phi) is 3.37. The molecule has 0 amide bonds. The Morgan fingerprint density at radius 3 is 2.61 bits per heavy atom. The van der Waals surface area contributed by atoms with E-state index in [4.69, 9.17) is 0 Å². The van der Waals surface area contributed by atoms with Crippen LogP contribution in [0, 0.1) is 5.82 Å². The number of rotatable bonds is 1. The molecule has 1 aromatic rings. The van der Waals surface area contributed by atoms with Crippen molar-refractivity contribution >= 4 is 17.2 Å². The zero-order valence-corrected chi connectivity index (χ0v) is 13.4. The second-order valence-corrected chi connectivity index (χ2v) is 6.27. The fraction of sp³-hybridized carbons (Fsp3) is 0.438. The van der Waals surface area contributed by atoms with Crippen LogP contribution in [0.3, 0.4) is 0 Å². The number of likely N-dealkylation sites (N-methyl/N-ethyl adjacent to an activating group) is 2. The number of halogens is 1. The highest BCUT2D eigenvalue weighted by Gasteiger charge is 2.31. The van der Waals surface area contributed by atoms with Gasteiger partial charge in [0.1, 0.15) is 24.0 Å². The molecule has 1 saturated heterocycles. The summed E-state index contributed by atoms with van der Waals surface area (Å²) in [6.07, 6.45) is 0.